The summed E-state index contributed by atoms with van der Waals surface area (Å²) in [5.41, 5.74) is 14.0. The second-order valence-electron chi connectivity index (χ2n) is 7.78. The lowest BCUT2D eigenvalue weighted by atomic mass is 9.92. The molecular weight excluding hydrogens is 308 g/mol. The molecule has 1 saturated heterocycles. The van der Waals surface area contributed by atoms with Crippen molar-refractivity contribution in [3.63, 3.8) is 0 Å². The number of hydrogen-bond acceptors (Lipinski definition) is 4. The summed E-state index contributed by atoms with van der Waals surface area (Å²) < 4.78 is 0. The van der Waals surface area contributed by atoms with Crippen molar-refractivity contribution in [2.45, 2.75) is 38.8 Å². The molecule has 0 saturated carbocycles. The summed E-state index contributed by atoms with van der Waals surface area (Å²) in [6.45, 7) is 11.7. The van der Waals surface area contributed by atoms with Gasteiger partial charge in [0.2, 0.25) is 0 Å². The van der Waals surface area contributed by atoms with Gasteiger partial charge < -0.3 is 16.0 Å². The highest BCUT2D eigenvalue weighted by molar-refractivity contribution is 5.72. The maximum absolute atomic E-state index is 5.82. The molecule has 0 spiro atoms. The number of nitrogens with one attached hydrogen (secondary N) is 1. The van der Waals surface area contributed by atoms with Crippen LogP contribution >= 0.6 is 0 Å². The van der Waals surface area contributed by atoms with Gasteiger partial charge in [-0.25, -0.2) is 0 Å². The molecule has 0 unspecified atom stereocenters. The third kappa shape index (κ3) is 3.60. The van der Waals surface area contributed by atoms with Crippen LogP contribution in [0.15, 0.2) is 30.6 Å². The Bertz CT molecular complexity index is 689. The van der Waals surface area contributed by atoms with Crippen molar-refractivity contribution in [2.75, 3.05) is 33.7 Å². The van der Waals surface area contributed by atoms with Crippen LogP contribution in [-0.2, 0) is 6.42 Å². The maximum atomic E-state index is 5.82. The van der Waals surface area contributed by atoms with Crippen molar-refractivity contribution in [3.05, 3.63) is 52.9 Å². The highest BCUT2D eigenvalue weighted by atomic mass is 15.2. The van der Waals surface area contributed by atoms with Crippen LogP contribution in [0.2, 0.25) is 0 Å². The topological polar surface area (TPSA) is 44.5 Å². The summed E-state index contributed by atoms with van der Waals surface area (Å²) in [6.07, 6.45) is 3.97. The molecule has 25 heavy (non-hydrogen) atoms. The molecule has 3 rings (SSSR count). The molecule has 1 fully saturated rings. The highest BCUT2D eigenvalue weighted by Gasteiger charge is 2.28. The summed E-state index contributed by atoms with van der Waals surface area (Å²) in [5, 5.41) is 3.80. The molecular formula is C21H32N4. The van der Waals surface area contributed by atoms with E-state index in [-0.39, 0.29) is 0 Å². The van der Waals surface area contributed by atoms with Gasteiger partial charge in [-0.05, 0) is 54.5 Å². The summed E-state index contributed by atoms with van der Waals surface area (Å²) in [4.78, 5) is 4.62. The summed E-state index contributed by atoms with van der Waals surface area (Å²) >= 11 is 0. The van der Waals surface area contributed by atoms with Crippen LogP contribution in [0.1, 0.15) is 41.6 Å². The average molecular weight is 341 g/mol. The zero-order valence-electron chi connectivity index (χ0n) is 16.1. The van der Waals surface area contributed by atoms with Crippen molar-refractivity contribution in [1.82, 2.24) is 15.1 Å². The van der Waals surface area contributed by atoms with E-state index in [0.717, 1.165) is 38.2 Å². The molecule has 4 heteroatoms. The van der Waals surface area contributed by atoms with E-state index in [1.165, 1.54) is 27.8 Å². The van der Waals surface area contributed by atoms with Gasteiger partial charge in [0.05, 0.1) is 0 Å². The molecule has 2 atom stereocenters. The Labute approximate surface area is 152 Å². The largest absolute Gasteiger partial charge is 0.403 e. The van der Waals surface area contributed by atoms with Gasteiger partial charge in [-0.15, -0.1) is 0 Å². The Morgan fingerprint density at radius 1 is 1.36 bits per heavy atom. The van der Waals surface area contributed by atoms with Gasteiger partial charge in [-0.1, -0.05) is 18.7 Å². The first-order valence-electron chi connectivity index (χ1n) is 9.27. The standard InChI is InChI=1S/C21H32N4/c1-14-6-7-19-16(3)20(9-8-18(14)19)21-13-25(11-15(2)23-21)12-17(10-22)24(4)5/h8-10,15,21,23H,1,6-7,11-13,22H2,2-5H3/b17-10-/t15-,21-/m0/s1. The van der Waals surface area contributed by atoms with E-state index in [9.17, 15) is 0 Å². The van der Waals surface area contributed by atoms with Gasteiger partial charge in [-0.3, -0.25) is 4.90 Å². The molecule has 4 nitrogen and oxygen atoms in total. The van der Waals surface area contributed by atoms with E-state index in [4.69, 9.17) is 5.73 Å². The first-order chi connectivity index (χ1) is 11.9. The van der Waals surface area contributed by atoms with E-state index in [2.05, 4.69) is 61.8 Å². The predicted octanol–water partition coefficient (Wildman–Crippen LogP) is 2.65. The number of hydrogen-bond donors (Lipinski definition) is 2. The second-order valence-corrected chi connectivity index (χ2v) is 7.78. The molecule has 1 aliphatic carbocycles. The molecule has 1 heterocycles. The van der Waals surface area contributed by atoms with Gasteiger partial charge in [0.15, 0.2) is 0 Å². The van der Waals surface area contributed by atoms with Crippen LogP contribution in [0.25, 0.3) is 5.57 Å². The van der Waals surface area contributed by atoms with Crippen LogP contribution < -0.4 is 11.1 Å². The van der Waals surface area contributed by atoms with Crippen LogP contribution in [0.5, 0.6) is 0 Å². The summed E-state index contributed by atoms with van der Waals surface area (Å²) in [6, 6.07) is 5.42. The molecule has 0 bridgehead atoms. The minimum absolute atomic E-state index is 0.365. The number of piperazine rings is 1. The first-order valence-corrected chi connectivity index (χ1v) is 9.27. The van der Waals surface area contributed by atoms with Crippen LogP contribution in [0, 0.1) is 6.92 Å². The third-order valence-corrected chi connectivity index (χ3v) is 5.68. The smallest absolute Gasteiger partial charge is 0.0454 e. The minimum atomic E-state index is 0.365. The number of allylic oxidation sites excluding steroid dienone is 1. The molecule has 3 N–H and O–H groups in total. The number of benzene rings is 1. The Morgan fingerprint density at radius 3 is 2.80 bits per heavy atom. The van der Waals surface area contributed by atoms with Gasteiger partial charge in [0.1, 0.15) is 0 Å². The monoisotopic (exact) mass is 340 g/mol. The molecule has 0 amide bonds. The Balaban J connectivity index is 1.82. The fourth-order valence-corrected chi connectivity index (χ4v) is 4.27. The molecule has 0 radical (unpaired) electrons. The number of rotatable bonds is 4. The highest BCUT2D eigenvalue weighted by Crippen LogP contribution is 2.36. The molecule has 1 aromatic rings. The van der Waals surface area contributed by atoms with E-state index < -0.39 is 0 Å². The fraction of sp³-hybridized carbons (Fsp3) is 0.524. The van der Waals surface area contributed by atoms with Crippen molar-refractivity contribution in [1.29, 1.82) is 0 Å². The number of nitrogens with two attached hydrogens (primary N) is 1. The Hall–Kier alpha value is -1.78. The van der Waals surface area contributed by atoms with Gasteiger partial charge in [-0.2, -0.15) is 0 Å². The van der Waals surface area contributed by atoms with E-state index >= 15 is 0 Å². The number of likely N-dealkylation sites (N-methyl/N-ethyl adjacent to an activating group) is 1. The van der Waals surface area contributed by atoms with Crippen LogP contribution in [-0.4, -0.2) is 49.6 Å². The van der Waals surface area contributed by atoms with Crippen LogP contribution in [0.3, 0.4) is 0 Å². The van der Waals surface area contributed by atoms with Crippen molar-refractivity contribution in [3.8, 4) is 0 Å². The third-order valence-electron chi connectivity index (χ3n) is 5.68. The quantitative estimate of drug-likeness (QED) is 0.884. The van der Waals surface area contributed by atoms with Crippen LogP contribution in [0.4, 0.5) is 0 Å². The van der Waals surface area contributed by atoms with Crippen molar-refractivity contribution >= 4 is 5.57 Å². The first kappa shape index (κ1) is 18.0. The van der Waals surface area contributed by atoms with Gasteiger partial charge >= 0.3 is 0 Å². The van der Waals surface area contributed by atoms with E-state index in [1.54, 1.807) is 6.20 Å². The summed E-state index contributed by atoms with van der Waals surface area (Å²) in [7, 11) is 4.11. The van der Waals surface area contributed by atoms with Gasteiger partial charge in [0.25, 0.3) is 0 Å². The normalized spacial score (nSPS) is 24.5. The number of nitrogens with zero attached hydrogens (tertiary/aromatic N) is 2. The van der Waals surface area contributed by atoms with Crippen molar-refractivity contribution < 1.29 is 0 Å². The predicted molar refractivity (Wildman–Crippen MR) is 106 cm³/mol. The lowest BCUT2D eigenvalue weighted by Gasteiger charge is -2.39. The van der Waals surface area contributed by atoms with E-state index in [1.807, 2.05) is 0 Å². The zero-order valence-corrected chi connectivity index (χ0v) is 16.1. The lowest BCUT2D eigenvalue weighted by molar-refractivity contribution is 0.170. The van der Waals surface area contributed by atoms with Crippen molar-refractivity contribution in [2.24, 2.45) is 5.73 Å². The molecule has 2 aliphatic rings. The zero-order chi connectivity index (χ0) is 18.1. The SMILES string of the molecule is C=C1CCc2c1ccc([C@@H]1CN(C/C(=C/N)N(C)C)C[C@H](C)N1)c2C. The molecule has 0 aromatic heterocycles. The molecule has 136 valence electrons. The average Bonchev–Trinajstić information content (AvgIpc) is 2.94. The lowest BCUT2D eigenvalue weighted by Crippen LogP contribution is -2.52. The molecule has 1 aromatic carbocycles. The van der Waals surface area contributed by atoms with Gasteiger partial charge in [0, 0.05) is 57.7 Å². The maximum Gasteiger partial charge on any atom is 0.0454 e. The van der Waals surface area contributed by atoms with E-state index in [0.29, 0.717) is 12.1 Å². The Kier molecular flexibility index (Phi) is 5.21. The summed E-state index contributed by atoms with van der Waals surface area (Å²) in [5.74, 6) is 0. The molecule has 1 aliphatic heterocycles. The minimum Gasteiger partial charge on any atom is -0.403 e. The number of fused-ring (bicyclic) bond motifs is 1. The Morgan fingerprint density at radius 2 is 2.12 bits per heavy atom. The fourth-order valence-electron chi connectivity index (χ4n) is 4.27. The second kappa shape index (κ2) is 7.22.